The molecular weight excluding hydrogens is 449 g/mol. The van der Waals surface area contributed by atoms with Gasteiger partial charge in [-0.1, -0.05) is 24.3 Å². The van der Waals surface area contributed by atoms with Gasteiger partial charge in [0.2, 0.25) is 0 Å². The number of carbonyl (C=O) groups excluding carboxylic acids is 1. The number of aromatic nitrogens is 2. The van der Waals surface area contributed by atoms with E-state index in [0.717, 1.165) is 42.5 Å². The summed E-state index contributed by atoms with van der Waals surface area (Å²) in [5, 5.41) is 3.04. The summed E-state index contributed by atoms with van der Waals surface area (Å²) in [4.78, 5) is 17.8. The van der Waals surface area contributed by atoms with Gasteiger partial charge in [0.15, 0.2) is 0 Å². The molecule has 2 aromatic heterocycles. The Morgan fingerprint density at radius 1 is 1.24 bits per heavy atom. The van der Waals surface area contributed by atoms with E-state index < -0.39 is 0 Å². The van der Waals surface area contributed by atoms with Crippen LogP contribution in [0.15, 0.2) is 54.9 Å². The lowest BCUT2D eigenvalue weighted by Crippen LogP contribution is -2.43. The number of carbonyl (C=O) groups is 1. The molecule has 1 saturated carbocycles. The monoisotopic (exact) mass is 477 g/mol. The highest BCUT2D eigenvalue weighted by Gasteiger charge is 2.40. The second-order valence-electron chi connectivity index (χ2n) is 9.07. The fraction of sp³-hybridized carbons (Fsp3) is 0.370. The molecule has 0 saturated heterocycles. The number of nitrogens with one attached hydrogen (secondary N) is 1. The number of pyridine rings is 1. The number of amides is 1. The molecule has 0 spiro atoms. The van der Waals surface area contributed by atoms with Crippen molar-refractivity contribution in [2.45, 2.75) is 44.6 Å². The molecule has 0 radical (unpaired) electrons. The van der Waals surface area contributed by atoms with Gasteiger partial charge in [-0.3, -0.25) is 4.98 Å². The van der Waals surface area contributed by atoms with Gasteiger partial charge in [0.1, 0.15) is 5.82 Å². The van der Waals surface area contributed by atoms with Gasteiger partial charge in [-0.2, -0.15) is 0 Å². The highest BCUT2D eigenvalue weighted by Crippen LogP contribution is 2.48. The maximum absolute atomic E-state index is 13.5. The molecule has 34 heavy (non-hydrogen) atoms. The van der Waals surface area contributed by atoms with Gasteiger partial charge in [0, 0.05) is 34.8 Å². The minimum atomic E-state index is -0.315. The Balaban J connectivity index is 1.32. The van der Waals surface area contributed by atoms with E-state index in [1.807, 2.05) is 31.3 Å². The lowest BCUT2D eigenvalue weighted by Gasteiger charge is -2.42. The van der Waals surface area contributed by atoms with Gasteiger partial charge < -0.3 is 10.1 Å². The molecule has 0 aliphatic heterocycles. The molecule has 1 aromatic carbocycles. The van der Waals surface area contributed by atoms with Crippen LogP contribution in [0.1, 0.15) is 48.2 Å². The Hall–Kier alpha value is -3.06. The van der Waals surface area contributed by atoms with Crippen molar-refractivity contribution in [2.24, 2.45) is 11.8 Å². The van der Waals surface area contributed by atoms with Crippen molar-refractivity contribution in [3.8, 4) is 11.1 Å². The lowest BCUT2D eigenvalue weighted by molar-refractivity contribution is 0.129. The SMILES string of the molecule is CCOC(=O)N[C@@H]1CC[C@@H]2[C@H](Cc3sncc3[C@H]2C=Cc2ccc(-c3cccc(F)c3)cn2)C1. The highest BCUT2D eigenvalue weighted by atomic mass is 32.1. The molecule has 0 bridgehead atoms. The summed E-state index contributed by atoms with van der Waals surface area (Å²) in [5.41, 5.74) is 3.92. The van der Waals surface area contributed by atoms with Crippen LogP contribution in [0, 0.1) is 17.7 Å². The Morgan fingerprint density at radius 3 is 2.94 bits per heavy atom. The predicted molar refractivity (Wildman–Crippen MR) is 132 cm³/mol. The van der Waals surface area contributed by atoms with E-state index in [2.05, 4.69) is 26.8 Å². The molecule has 5 rings (SSSR count). The van der Waals surface area contributed by atoms with E-state index >= 15 is 0 Å². The van der Waals surface area contributed by atoms with Crippen molar-refractivity contribution < 1.29 is 13.9 Å². The van der Waals surface area contributed by atoms with E-state index in [9.17, 15) is 9.18 Å². The molecule has 5 nitrogen and oxygen atoms in total. The van der Waals surface area contributed by atoms with Gasteiger partial charge in [-0.25, -0.2) is 13.6 Å². The molecule has 7 heteroatoms. The quantitative estimate of drug-likeness (QED) is 0.473. The minimum Gasteiger partial charge on any atom is -0.450 e. The zero-order valence-corrected chi connectivity index (χ0v) is 19.9. The maximum Gasteiger partial charge on any atom is 0.407 e. The molecular formula is C27H28FN3O2S. The molecule has 0 unspecified atom stereocenters. The predicted octanol–water partition coefficient (Wildman–Crippen LogP) is 6.23. The number of alkyl carbamates (subject to hydrolysis) is 1. The number of allylic oxidation sites excluding steroid dienone is 1. The minimum absolute atomic E-state index is 0.163. The van der Waals surface area contributed by atoms with Crippen molar-refractivity contribution in [1.82, 2.24) is 14.7 Å². The molecule has 1 N–H and O–H groups in total. The van der Waals surface area contributed by atoms with Crippen LogP contribution in [0.3, 0.4) is 0 Å². The van der Waals surface area contributed by atoms with Crippen molar-refractivity contribution in [3.63, 3.8) is 0 Å². The first-order valence-electron chi connectivity index (χ1n) is 11.9. The van der Waals surface area contributed by atoms with Gasteiger partial charge in [0.25, 0.3) is 0 Å². The summed E-state index contributed by atoms with van der Waals surface area (Å²) >= 11 is 1.59. The molecule has 3 aromatic rings. The first kappa shape index (κ1) is 22.7. The molecule has 2 aliphatic rings. The summed E-state index contributed by atoms with van der Waals surface area (Å²) in [6, 6.07) is 10.7. The van der Waals surface area contributed by atoms with E-state index in [-0.39, 0.29) is 18.0 Å². The summed E-state index contributed by atoms with van der Waals surface area (Å²) in [7, 11) is 0. The Morgan fingerprint density at radius 2 is 2.15 bits per heavy atom. The third kappa shape index (κ3) is 4.89. The van der Waals surface area contributed by atoms with Crippen LogP contribution in [-0.2, 0) is 11.2 Å². The standard InChI is InChI=1S/C27H28FN3O2S/c1-2-33-27(32)31-22-9-10-23-19(13-22)14-26-25(16-30-34-26)24(23)11-8-21-7-6-18(15-29-21)17-4-3-5-20(28)12-17/h3-8,11-12,15-16,19,22-24H,2,9-10,13-14H2,1H3,(H,31,32)/t19-,22+,23+,24-/m0/s1. The molecule has 2 heterocycles. The number of rotatable bonds is 5. The van der Waals surface area contributed by atoms with Crippen LogP contribution < -0.4 is 5.32 Å². The molecule has 1 fully saturated rings. The number of ether oxygens (including phenoxy) is 1. The van der Waals surface area contributed by atoms with Gasteiger partial charge in [0.05, 0.1) is 12.3 Å². The smallest absolute Gasteiger partial charge is 0.407 e. The van der Waals surface area contributed by atoms with Crippen LogP contribution in [0.4, 0.5) is 9.18 Å². The normalized spacial score (nSPS) is 23.8. The highest BCUT2D eigenvalue weighted by molar-refractivity contribution is 7.05. The van der Waals surface area contributed by atoms with Crippen molar-refractivity contribution >= 4 is 23.7 Å². The first-order valence-corrected chi connectivity index (χ1v) is 12.6. The largest absolute Gasteiger partial charge is 0.450 e. The zero-order chi connectivity index (χ0) is 23.5. The van der Waals surface area contributed by atoms with E-state index in [0.29, 0.717) is 24.4 Å². The van der Waals surface area contributed by atoms with Crippen molar-refractivity contribution in [2.75, 3.05) is 6.61 Å². The number of halogens is 1. The van der Waals surface area contributed by atoms with Crippen LogP contribution >= 0.6 is 11.5 Å². The number of hydrogen-bond acceptors (Lipinski definition) is 5. The van der Waals surface area contributed by atoms with Crippen LogP contribution in [-0.4, -0.2) is 28.1 Å². The van der Waals surface area contributed by atoms with Gasteiger partial charge in [-0.15, -0.1) is 0 Å². The number of nitrogens with zero attached hydrogens (tertiary/aromatic N) is 2. The number of hydrogen-bond donors (Lipinski definition) is 1. The second-order valence-corrected chi connectivity index (χ2v) is 9.96. The van der Waals surface area contributed by atoms with Crippen molar-refractivity contribution in [1.29, 1.82) is 0 Å². The maximum atomic E-state index is 13.5. The Kier molecular flexibility index (Phi) is 6.72. The number of benzene rings is 1. The average Bonchev–Trinajstić information content (AvgIpc) is 3.30. The summed E-state index contributed by atoms with van der Waals surface area (Å²) in [6.45, 7) is 2.21. The molecule has 1 amide bonds. The average molecular weight is 478 g/mol. The topological polar surface area (TPSA) is 64.1 Å². The zero-order valence-electron chi connectivity index (χ0n) is 19.1. The van der Waals surface area contributed by atoms with Gasteiger partial charge >= 0.3 is 6.09 Å². The van der Waals surface area contributed by atoms with E-state index in [4.69, 9.17) is 4.74 Å². The third-order valence-corrected chi connectivity index (χ3v) is 7.84. The van der Waals surface area contributed by atoms with Crippen LogP contribution in [0.2, 0.25) is 0 Å². The molecule has 2 aliphatic carbocycles. The summed E-state index contributed by atoms with van der Waals surface area (Å²) < 4.78 is 23.1. The molecule has 4 atom stereocenters. The van der Waals surface area contributed by atoms with Gasteiger partial charge in [-0.05, 0) is 91.4 Å². The summed E-state index contributed by atoms with van der Waals surface area (Å²) in [5.74, 6) is 1.07. The second kappa shape index (κ2) is 10.1. The van der Waals surface area contributed by atoms with Crippen molar-refractivity contribution in [3.05, 3.63) is 76.8 Å². The van der Waals surface area contributed by atoms with E-state index in [1.54, 1.807) is 23.8 Å². The molecule has 176 valence electrons. The van der Waals surface area contributed by atoms with E-state index in [1.165, 1.54) is 22.6 Å². The fourth-order valence-electron chi connectivity index (χ4n) is 5.42. The fourth-order valence-corrected chi connectivity index (χ4v) is 6.30. The third-order valence-electron chi connectivity index (χ3n) is 7.00. The van der Waals surface area contributed by atoms with Crippen LogP contribution in [0.5, 0.6) is 0 Å². The lowest BCUT2D eigenvalue weighted by atomic mass is 9.64. The Bertz CT molecular complexity index is 1180. The summed E-state index contributed by atoms with van der Waals surface area (Å²) in [6.07, 6.45) is 11.9. The van der Waals surface area contributed by atoms with Crippen LogP contribution in [0.25, 0.3) is 17.2 Å². The first-order chi connectivity index (χ1) is 16.6. The Labute approximate surface area is 203 Å². The number of fused-ring (bicyclic) bond motifs is 2.